The summed E-state index contributed by atoms with van der Waals surface area (Å²) in [6.07, 6.45) is 2.00. The summed E-state index contributed by atoms with van der Waals surface area (Å²) in [5.74, 6) is 0.472. The number of carbonyl (C=O) groups excluding carboxylic acids is 1. The molecule has 0 aromatic rings. The van der Waals surface area contributed by atoms with Gasteiger partial charge in [0.1, 0.15) is 0 Å². The standard InChI is InChI=1S/C6H10N2O/c1-4(7)8-6(9)5-2-3-5/h5H,2-3H2,1H3,(H2,7,8,9). The van der Waals surface area contributed by atoms with E-state index < -0.39 is 0 Å². The summed E-state index contributed by atoms with van der Waals surface area (Å²) in [5.41, 5.74) is 0. The number of hydrogen-bond acceptors (Lipinski definition) is 2. The second-order valence-electron chi connectivity index (χ2n) is 2.39. The van der Waals surface area contributed by atoms with E-state index in [4.69, 9.17) is 5.41 Å². The zero-order valence-electron chi connectivity index (χ0n) is 5.40. The molecule has 0 aliphatic heterocycles. The van der Waals surface area contributed by atoms with E-state index in [1.807, 2.05) is 0 Å². The van der Waals surface area contributed by atoms with E-state index in [0.29, 0.717) is 0 Å². The van der Waals surface area contributed by atoms with E-state index in [2.05, 4.69) is 5.32 Å². The lowest BCUT2D eigenvalue weighted by Gasteiger charge is -1.97. The molecule has 1 amide bonds. The molecule has 0 radical (unpaired) electrons. The van der Waals surface area contributed by atoms with Crippen LogP contribution >= 0.6 is 0 Å². The SMILES string of the molecule is CC(=N)NC(=O)C1CC1. The van der Waals surface area contributed by atoms with Crippen LogP contribution in [-0.2, 0) is 4.79 Å². The van der Waals surface area contributed by atoms with Crippen molar-refractivity contribution in [3.8, 4) is 0 Å². The molecule has 0 saturated heterocycles. The monoisotopic (exact) mass is 126 g/mol. The van der Waals surface area contributed by atoms with Gasteiger partial charge in [0.05, 0.1) is 5.84 Å². The van der Waals surface area contributed by atoms with Gasteiger partial charge in [0.25, 0.3) is 0 Å². The van der Waals surface area contributed by atoms with Crippen molar-refractivity contribution in [2.24, 2.45) is 5.92 Å². The first kappa shape index (κ1) is 6.26. The molecule has 0 unspecified atom stereocenters. The number of carbonyl (C=O) groups is 1. The minimum absolute atomic E-state index is 0.0162. The molecule has 9 heavy (non-hydrogen) atoms. The molecule has 0 aromatic carbocycles. The number of rotatable bonds is 1. The van der Waals surface area contributed by atoms with Crippen molar-refractivity contribution in [1.29, 1.82) is 5.41 Å². The van der Waals surface area contributed by atoms with Gasteiger partial charge in [-0.15, -0.1) is 0 Å². The van der Waals surface area contributed by atoms with Crippen LogP contribution in [-0.4, -0.2) is 11.7 Å². The summed E-state index contributed by atoms with van der Waals surface area (Å²) in [6.45, 7) is 1.57. The van der Waals surface area contributed by atoms with Gasteiger partial charge >= 0.3 is 0 Å². The smallest absolute Gasteiger partial charge is 0.228 e. The van der Waals surface area contributed by atoms with Crippen LogP contribution in [0.15, 0.2) is 0 Å². The van der Waals surface area contributed by atoms with Crippen LogP contribution in [0.1, 0.15) is 19.8 Å². The largest absolute Gasteiger partial charge is 0.315 e. The third kappa shape index (κ3) is 1.83. The Kier molecular flexibility index (Phi) is 1.51. The second-order valence-corrected chi connectivity index (χ2v) is 2.39. The average molecular weight is 126 g/mol. The highest BCUT2D eigenvalue weighted by molar-refractivity contribution is 5.97. The molecule has 1 rings (SSSR count). The van der Waals surface area contributed by atoms with E-state index in [-0.39, 0.29) is 17.7 Å². The van der Waals surface area contributed by atoms with Crippen LogP contribution in [0.5, 0.6) is 0 Å². The fourth-order valence-corrected chi connectivity index (χ4v) is 0.632. The molecule has 1 aliphatic rings. The molecule has 3 nitrogen and oxygen atoms in total. The number of amidine groups is 1. The highest BCUT2D eigenvalue weighted by Crippen LogP contribution is 2.28. The van der Waals surface area contributed by atoms with Crippen molar-refractivity contribution >= 4 is 11.7 Å². The Balaban J connectivity index is 2.26. The first-order valence-electron chi connectivity index (χ1n) is 3.06. The Labute approximate surface area is 54.0 Å². The van der Waals surface area contributed by atoms with Crippen molar-refractivity contribution in [3.05, 3.63) is 0 Å². The lowest BCUT2D eigenvalue weighted by atomic mass is 10.4. The van der Waals surface area contributed by atoms with E-state index >= 15 is 0 Å². The summed E-state index contributed by atoms with van der Waals surface area (Å²) in [6, 6.07) is 0. The topological polar surface area (TPSA) is 53.0 Å². The summed E-state index contributed by atoms with van der Waals surface area (Å²) in [7, 11) is 0. The highest BCUT2D eigenvalue weighted by atomic mass is 16.2. The molecular formula is C6H10N2O. The molecule has 50 valence electrons. The van der Waals surface area contributed by atoms with Gasteiger partial charge in [0.15, 0.2) is 0 Å². The summed E-state index contributed by atoms with van der Waals surface area (Å²) in [5, 5.41) is 9.36. The van der Waals surface area contributed by atoms with Crippen LogP contribution in [0.2, 0.25) is 0 Å². The fraction of sp³-hybridized carbons (Fsp3) is 0.667. The summed E-state index contributed by atoms with van der Waals surface area (Å²) in [4.78, 5) is 10.8. The molecule has 1 fully saturated rings. The molecule has 1 aliphatic carbocycles. The van der Waals surface area contributed by atoms with Crippen LogP contribution in [0, 0.1) is 11.3 Å². The lowest BCUT2D eigenvalue weighted by molar-refractivity contribution is -0.120. The van der Waals surface area contributed by atoms with Crippen LogP contribution in [0.25, 0.3) is 0 Å². The normalized spacial score (nSPS) is 17.0. The fourth-order valence-electron chi connectivity index (χ4n) is 0.632. The predicted molar refractivity (Wildman–Crippen MR) is 34.3 cm³/mol. The van der Waals surface area contributed by atoms with Gasteiger partial charge in [-0.3, -0.25) is 10.2 Å². The van der Waals surface area contributed by atoms with Crippen molar-refractivity contribution in [3.63, 3.8) is 0 Å². The Morgan fingerprint density at radius 2 is 2.22 bits per heavy atom. The molecule has 2 N–H and O–H groups in total. The molecular weight excluding hydrogens is 116 g/mol. The minimum atomic E-state index is 0.0162. The van der Waals surface area contributed by atoms with E-state index in [1.54, 1.807) is 6.92 Å². The van der Waals surface area contributed by atoms with Gasteiger partial charge in [0.2, 0.25) is 5.91 Å². The summed E-state index contributed by atoms with van der Waals surface area (Å²) >= 11 is 0. The molecule has 0 aromatic heterocycles. The maximum absolute atomic E-state index is 10.8. The number of nitrogens with one attached hydrogen (secondary N) is 2. The van der Waals surface area contributed by atoms with E-state index in [9.17, 15) is 4.79 Å². The first-order chi connectivity index (χ1) is 4.20. The zero-order chi connectivity index (χ0) is 6.85. The van der Waals surface area contributed by atoms with Gasteiger partial charge in [0, 0.05) is 5.92 Å². The van der Waals surface area contributed by atoms with Crippen molar-refractivity contribution < 1.29 is 4.79 Å². The first-order valence-corrected chi connectivity index (χ1v) is 3.06. The van der Waals surface area contributed by atoms with Crippen LogP contribution < -0.4 is 5.32 Å². The Hall–Kier alpha value is -0.860. The van der Waals surface area contributed by atoms with Crippen LogP contribution in [0.4, 0.5) is 0 Å². The molecule has 0 spiro atoms. The molecule has 0 heterocycles. The number of amides is 1. The Morgan fingerprint density at radius 1 is 1.67 bits per heavy atom. The quantitative estimate of drug-likeness (QED) is 0.390. The molecule has 0 bridgehead atoms. The maximum Gasteiger partial charge on any atom is 0.228 e. The zero-order valence-corrected chi connectivity index (χ0v) is 5.40. The molecule has 1 saturated carbocycles. The van der Waals surface area contributed by atoms with Crippen molar-refractivity contribution in [2.45, 2.75) is 19.8 Å². The lowest BCUT2D eigenvalue weighted by Crippen LogP contribution is -2.28. The average Bonchev–Trinajstić information content (AvgIpc) is 2.40. The third-order valence-electron chi connectivity index (χ3n) is 1.26. The molecule has 0 atom stereocenters. The van der Waals surface area contributed by atoms with Gasteiger partial charge in [-0.25, -0.2) is 0 Å². The number of hydrogen-bond donors (Lipinski definition) is 2. The van der Waals surface area contributed by atoms with E-state index in [1.165, 1.54) is 0 Å². The Bertz CT molecular complexity index is 149. The second kappa shape index (κ2) is 2.17. The minimum Gasteiger partial charge on any atom is -0.315 e. The van der Waals surface area contributed by atoms with Gasteiger partial charge in [-0.1, -0.05) is 0 Å². The third-order valence-corrected chi connectivity index (χ3v) is 1.26. The Morgan fingerprint density at radius 3 is 2.56 bits per heavy atom. The van der Waals surface area contributed by atoms with Crippen molar-refractivity contribution in [2.75, 3.05) is 0 Å². The summed E-state index contributed by atoms with van der Waals surface area (Å²) < 4.78 is 0. The predicted octanol–water partition coefficient (Wildman–Crippen LogP) is 0.510. The van der Waals surface area contributed by atoms with Crippen molar-refractivity contribution in [1.82, 2.24) is 5.32 Å². The van der Waals surface area contributed by atoms with Gasteiger partial charge < -0.3 is 5.32 Å². The maximum atomic E-state index is 10.8. The van der Waals surface area contributed by atoms with Crippen LogP contribution in [0.3, 0.4) is 0 Å². The van der Waals surface area contributed by atoms with Gasteiger partial charge in [-0.2, -0.15) is 0 Å². The molecule has 3 heteroatoms. The van der Waals surface area contributed by atoms with Gasteiger partial charge in [-0.05, 0) is 19.8 Å². The van der Waals surface area contributed by atoms with E-state index in [0.717, 1.165) is 12.8 Å². The highest BCUT2D eigenvalue weighted by Gasteiger charge is 2.29.